The van der Waals surface area contributed by atoms with Crippen LogP contribution in [0.4, 0.5) is 5.69 Å². The van der Waals surface area contributed by atoms with E-state index in [0.29, 0.717) is 29.6 Å². The molecule has 1 N–H and O–H groups in total. The van der Waals surface area contributed by atoms with Crippen molar-refractivity contribution in [2.75, 3.05) is 18.4 Å². The third-order valence-electron chi connectivity index (χ3n) is 4.27. The lowest BCUT2D eigenvalue weighted by Gasteiger charge is -2.15. The molecule has 5 nitrogen and oxygen atoms in total. The molecule has 6 heteroatoms. The second-order valence-corrected chi connectivity index (χ2v) is 7.88. The summed E-state index contributed by atoms with van der Waals surface area (Å²) in [7, 11) is -3.38. The number of hydrogen-bond donors (Lipinski definition) is 1. The van der Waals surface area contributed by atoms with Crippen LogP contribution < -0.4 is 5.32 Å². The fourth-order valence-corrected chi connectivity index (χ4v) is 4.23. The Balaban J connectivity index is 1.70. The van der Waals surface area contributed by atoms with Gasteiger partial charge < -0.3 is 5.32 Å². The molecule has 1 saturated heterocycles. The first kappa shape index (κ1) is 14.5. The molecular weight excluding hydrogens is 288 g/mol. The summed E-state index contributed by atoms with van der Waals surface area (Å²) < 4.78 is 26.3. The van der Waals surface area contributed by atoms with E-state index in [2.05, 4.69) is 12.2 Å². The Morgan fingerprint density at radius 1 is 1.19 bits per heavy atom. The van der Waals surface area contributed by atoms with Crippen molar-refractivity contribution >= 4 is 21.6 Å². The van der Waals surface area contributed by atoms with Crippen LogP contribution in [0.3, 0.4) is 0 Å². The van der Waals surface area contributed by atoms with Crippen molar-refractivity contribution in [3.05, 3.63) is 24.3 Å². The summed E-state index contributed by atoms with van der Waals surface area (Å²) in [5.41, 5.74) is 0.652. The SMILES string of the molecule is C[C@H]1C[C@@H]1C(=O)Nc1ccc(S(=O)(=O)N2CCCC2)cc1. The van der Waals surface area contributed by atoms with Gasteiger partial charge in [-0.25, -0.2) is 8.42 Å². The summed E-state index contributed by atoms with van der Waals surface area (Å²) in [6.45, 7) is 3.25. The van der Waals surface area contributed by atoms with Crippen LogP contribution in [-0.2, 0) is 14.8 Å². The number of anilines is 1. The van der Waals surface area contributed by atoms with Crippen molar-refractivity contribution in [1.29, 1.82) is 0 Å². The van der Waals surface area contributed by atoms with Crippen LogP contribution in [-0.4, -0.2) is 31.7 Å². The molecule has 114 valence electrons. The minimum atomic E-state index is -3.38. The Hall–Kier alpha value is -1.40. The maximum atomic E-state index is 12.4. The molecule has 0 bridgehead atoms. The zero-order chi connectivity index (χ0) is 15.0. The highest BCUT2D eigenvalue weighted by atomic mass is 32.2. The molecule has 1 saturated carbocycles. The van der Waals surface area contributed by atoms with Crippen molar-refractivity contribution in [1.82, 2.24) is 4.31 Å². The second kappa shape index (κ2) is 5.42. The van der Waals surface area contributed by atoms with Gasteiger partial charge >= 0.3 is 0 Å². The predicted octanol–water partition coefficient (Wildman–Crippen LogP) is 2.07. The number of carbonyl (C=O) groups is 1. The van der Waals surface area contributed by atoms with Gasteiger partial charge in [-0.1, -0.05) is 6.92 Å². The van der Waals surface area contributed by atoms with Gasteiger partial charge in [-0.15, -0.1) is 0 Å². The molecule has 1 aromatic rings. The lowest BCUT2D eigenvalue weighted by atomic mass is 10.3. The van der Waals surface area contributed by atoms with Crippen molar-refractivity contribution in [3.63, 3.8) is 0 Å². The van der Waals surface area contributed by atoms with Gasteiger partial charge in [-0.3, -0.25) is 4.79 Å². The summed E-state index contributed by atoms with van der Waals surface area (Å²) in [6, 6.07) is 6.46. The maximum absolute atomic E-state index is 12.4. The van der Waals surface area contributed by atoms with Crippen molar-refractivity contribution in [2.24, 2.45) is 11.8 Å². The van der Waals surface area contributed by atoms with E-state index in [1.165, 1.54) is 4.31 Å². The van der Waals surface area contributed by atoms with Crippen LogP contribution in [0.1, 0.15) is 26.2 Å². The van der Waals surface area contributed by atoms with Crippen molar-refractivity contribution < 1.29 is 13.2 Å². The molecule has 2 aliphatic rings. The van der Waals surface area contributed by atoms with Crippen LogP contribution in [0.5, 0.6) is 0 Å². The Morgan fingerprint density at radius 2 is 1.76 bits per heavy atom. The number of nitrogens with one attached hydrogen (secondary N) is 1. The Morgan fingerprint density at radius 3 is 2.29 bits per heavy atom. The zero-order valence-electron chi connectivity index (χ0n) is 12.1. The number of benzene rings is 1. The molecule has 0 aromatic heterocycles. The van der Waals surface area contributed by atoms with Gasteiger partial charge in [-0.2, -0.15) is 4.31 Å². The molecule has 2 atom stereocenters. The van der Waals surface area contributed by atoms with E-state index in [1.807, 2.05) is 0 Å². The van der Waals surface area contributed by atoms with Crippen molar-refractivity contribution in [2.45, 2.75) is 31.1 Å². The molecule has 2 fully saturated rings. The number of amides is 1. The molecule has 0 radical (unpaired) electrons. The largest absolute Gasteiger partial charge is 0.326 e. The first-order chi connectivity index (χ1) is 9.98. The van der Waals surface area contributed by atoms with E-state index < -0.39 is 10.0 Å². The average Bonchev–Trinajstić information content (AvgIpc) is 2.96. The van der Waals surface area contributed by atoms with E-state index in [1.54, 1.807) is 24.3 Å². The van der Waals surface area contributed by atoms with Gasteiger partial charge in [0.15, 0.2) is 0 Å². The Labute approximate surface area is 125 Å². The molecule has 1 aliphatic heterocycles. The molecule has 0 unspecified atom stereocenters. The van der Waals surface area contributed by atoms with Crippen LogP contribution in [0.2, 0.25) is 0 Å². The van der Waals surface area contributed by atoms with E-state index in [9.17, 15) is 13.2 Å². The summed E-state index contributed by atoms with van der Waals surface area (Å²) >= 11 is 0. The van der Waals surface area contributed by atoms with Gasteiger partial charge in [0.25, 0.3) is 0 Å². The molecule has 1 heterocycles. The van der Waals surface area contributed by atoms with Gasteiger partial charge in [-0.05, 0) is 49.4 Å². The smallest absolute Gasteiger partial charge is 0.243 e. The van der Waals surface area contributed by atoms with Gasteiger partial charge in [0.05, 0.1) is 4.90 Å². The minimum absolute atomic E-state index is 0.0256. The minimum Gasteiger partial charge on any atom is -0.326 e. The van der Waals surface area contributed by atoms with Crippen LogP contribution in [0.15, 0.2) is 29.2 Å². The van der Waals surface area contributed by atoms with Crippen LogP contribution >= 0.6 is 0 Å². The predicted molar refractivity (Wildman–Crippen MR) is 80.3 cm³/mol. The van der Waals surface area contributed by atoms with E-state index >= 15 is 0 Å². The summed E-state index contributed by atoms with van der Waals surface area (Å²) in [4.78, 5) is 12.1. The number of sulfonamides is 1. The normalized spacial score (nSPS) is 25.8. The van der Waals surface area contributed by atoms with Gasteiger partial charge in [0.1, 0.15) is 0 Å². The summed E-state index contributed by atoms with van der Waals surface area (Å²) in [5, 5.41) is 2.84. The van der Waals surface area contributed by atoms with Crippen LogP contribution in [0, 0.1) is 11.8 Å². The van der Waals surface area contributed by atoms with Crippen molar-refractivity contribution in [3.8, 4) is 0 Å². The molecule has 1 aromatic carbocycles. The first-order valence-corrected chi connectivity index (χ1v) is 8.83. The highest BCUT2D eigenvalue weighted by Gasteiger charge is 2.39. The van der Waals surface area contributed by atoms with Gasteiger partial charge in [0, 0.05) is 24.7 Å². The van der Waals surface area contributed by atoms with Gasteiger partial charge in [0.2, 0.25) is 15.9 Å². The summed E-state index contributed by atoms with van der Waals surface area (Å²) in [5.74, 6) is 0.593. The highest BCUT2D eigenvalue weighted by Crippen LogP contribution is 2.38. The Kier molecular flexibility index (Phi) is 3.75. The quantitative estimate of drug-likeness (QED) is 0.926. The fraction of sp³-hybridized carbons (Fsp3) is 0.533. The van der Waals surface area contributed by atoms with E-state index in [0.717, 1.165) is 19.3 Å². The van der Waals surface area contributed by atoms with E-state index in [-0.39, 0.29) is 11.8 Å². The standard InChI is InChI=1S/C15H20N2O3S/c1-11-10-14(11)15(18)16-12-4-6-13(7-5-12)21(19,20)17-8-2-3-9-17/h4-7,11,14H,2-3,8-10H2,1H3,(H,16,18)/t11-,14-/m0/s1. The molecule has 1 aliphatic carbocycles. The number of hydrogen-bond acceptors (Lipinski definition) is 3. The third-order valence-corrected chi connectivity index (χ3v) is 6.18. The fourth-order valence-electron chi connectivity index (χ4n) is 2.71. The zero-order valence-corrected chi connectivity index (χ0v) is 12.9. The van der Waals surface area contributed by atoms with E-state index in [4.69, 9.17) is 0 Å². The maximum Gasteiger partial charge on any atom is 0.243 e. The highest BCUT2D eigenvalue weighted by molar-refractivity contribution is 7.89. The molecule has 21 heavy (non-hydrogen) atoms. The monoisotopic (exact) mass is 308 g/mol. The Bertz CT molecular complexity index is 633. The first-order valence-electron chi connectivity index (χ1n) is 7.39. The molecule has 0 spiro atoms. The second-order valence-electron chi connectivity index (χ2n) is 5.94. The lowest BCUT2D eigenvalue weighted by Crippen LogP contribution is -2.27. The number of rotatable bonds is 4. The lowest BCUT2D eigenvalue weighted by molar-refractivity contribution is -0.117. The molecule has 3 rings (SSSR count). The van der Waals surface area contributed by atoms with Crippen LogP contribution in [0.25, 0.3) is 0 Å². The third kappa shape index (κ3) is 2.96. The number of carbonyl (C=O) groups excluding carboxylic acids is 1. The topological polar surface area (TPSA) is 66.5 Å². The number of nitrogens with zero attached hydrogens (tertiary/aromatic N) is 1. The summed E-state index contributed by atoms with van der Waals surface area (Å²) in [6.07, 6.45) is 2.78. The average molecular weight is 308 g/mol. The molecular formula is C15H20N2O3S. The molecule has 1 amide bonds.